The van der Waals surface area contributed by atoms with Crippen molar-refractivity contribution in [3.8, 4) is 0 Å². The molecular weight excluding hydrogens is 310 g/mol. The summed E-state index contributed by atoms with van der Waals surface area (Å²) in [6.45, 7) is 5.08. The molecule has 1 aromatic rings. The molecule has 0 radical (unpaired) electrons. The molecule has 0 aliphatic carbocycles. The maximum Gasteiger partial charge on any atom is 0.180 e. The van der Waals surface area contributed by atoms with Crippen LogP contribution in [0.2, 0.25) is 0 Å². The van der Waals surface area contributed by atoms with Gasteiger partial charge in [-0.25, -0.2) is 8.42 Å². The number of hydrogen-bond donors (Lipinski definition) is 0. The Morgan fingerprint density at radius 1 is 1.38 bits per heavy atom. The van der Waals surface area contributed by atoms with Crippen molar-refractivity contribution in [2.75, 3.05) is 29.7 Å². The Balaban J connectivity index is 2.39. The number of nitrogens with zero attached hydrogens (tertiary/aromatic N) is 1. The van der Waals surface area contributed by atoms with Crippen molar-refractivity contribution >= 4 is 27.1 Å². The Hall–Kier alpha value is -0.780. The maximum atomic E-state index is 12.5. The van der Waals surface area contributed by atoms with Gasteiger partial charge < -0.3 is 9.64 Å². The fourth-order valence-electron chi connectivity index (χ4n) is 2.58. The normalized spacial score (nSPS) is 23.3. The fraction of sp³-hybridized carbons (Fsp3) is 0.600. The van der Waals surface area contributed by atoms with E-state index >= 15 is 0 Å². The van der Waals surface area contributed by atoms with Crippen LogP contribution in [0.1, 0.15) is 20.3 Å². The molecule has 1 fully saturated rings. The van der Waals surface area contributed by atoms with Gasteiger partial charge in [0.15, 0.2) is 9.84 Å². The summed E-state index contributed by atoms with van der Waals surface area (Å²) in [7, 11) is -3.25. The van der Waals surface area contributed by atoms with Crippen molar-refractivity contribution < 1.29 is 13.2 Å². The molecule has 6 heteroatoms. The first-order valence-corrected chi connectivity index (χ1v) is 9.44. The summed E-state index contributed by atoms with van der Waals surface area (Å²) in [5.74, 6) is 0.578. The standard InChI is InChI=1S/C15H22ClNO3S/c1-3-8-21(18,19)15-7-5-4-6-14(15)17-10-13(9-16)20-11-12(17)2/h4-7,12-13H,3,8-11H2,1-2H3. The van der Waals surface area contributed by atoms with E-state index in [9.17, 15) is 8.42 Å². The molecule has 1 saturated heterocycles. The summed E-state index contributed by atoms with van der Waals surface area (Å²) in [5.41, 5.74) is 0.761. The number of alkyl halides is 1. The minimum Gasteiger partial charge on any atom is -0.373 e. The molecule has 0 N–H and O–H groups in total. The van der Waals surface area contributed by atoms with E-state index in [0.717, 1.165) is 5.69 Å². The molecule has 4 nitrogen and oxygen atoms in total. The molecule has 2 atom stereocenters. The Morgan fingerprint density at radius 2 is 2.10 bits per heavy atom. The number of benzene rings is 1. The molecule has 2 unspecified atom stereocenters. The van der Waals surface area contributed by atoms with Crippen LogP contribution >= 0.6 is 11.6 Å². The maximum absolute atomic E-state index is 12.5. The highest BCUT2D eigenvalue weighted by Crippen LogP contribution is 2.30. The molecule has 0 aromatic heterocycles. The largest absolute Gasteiger partial charge is 0.373 e. The van der Waals surface area contributed by atoms with Crippen molar-refractivity contribution in [2.24, 2.45) is 0 Å². The summed E-state index contributed by atoms with van der Waals surface area (Å²) >= 11 is 5.89. The molecule has 0 amide bonds. The van der Waals surface area contributed by atoms with Crippen LogP contribution in [0.4, 0.5) is 5.69 Å². The van der Waals surface area contributed by atoms with Gasteiger partial charge in [0.1, 0.15) is 0 Å². The number of sulfone groups is 1. The molecule has 21 heavy (non-hydrogen) atoms. The number of morpholine rings is 1. The van der Waals surface area contributed by atoms with Crippen LogP contribution in [0, 0.1) is 0 Å². The number of ether oxygens (including phenoxy) is 1. The van der Waals surface area contributed by atoms with E-state index in [1.54, 1.807) is 12.1 Å². The van der Waals surface area contributed by atoms with E-state index in [-0.39, 0.29) is 17.9 Å². The highest BCUT2D eigenvalue weighted by molar-refractivity contribution is 7.91. The second kappa shape index (κ2) is 6.99. The number of rotatable bonds is 5. The van der Waals surface area contributed by atoms with Gasteiger partial charge in [-0.2, -0.15) is 0 Å². The molecule has 2 rings (SSSR count). The van der Waals surface area contributed by atoms with Crippen LogP contribution in [0.5, 0.6) is 0 Å². The number of halogens is 1. The van der Waals surface area contributed by atoms with E-state index < -0.39 is 9.84 Å². The highest BCUT2D eigenvalue weighted by atomic mass is 35.5. The van der Waals surface area contributed by atoms with Crippen LogP contribution in [-0.2, 0) is 14.6 Å². The van der Waals surface area contributed by atoms with E-state index in [4.69, 9.17) is 16.3 Å². The highest BCUT2D eigenvalue weighted by Gasteiger charge is 2.29. The third-order valence-electron chi connectivity index (χ3n) is 3.66. The van der Waals surface area contributed by atoms with Crippen molar-refractivity contribution in [3.63, 3.8) is 0 Å². The fourth-order valence-corrected chi connectivity index (χ4v) is 4.32. The number of hydrogen-bond acceptors (Lipinski definition) is 4. The molecular formula is C15H22ClNO3S. The van der Waals surface area contributed by atoms with Gasteiger partial charge in [0.2, 0.25) is 0 Å². The van der Waals surface area contributed by atoms with Gasteiger partial charge >= 0.3 is 0 Å². The first-order chi connectivity index (χ1) is 9.99. The van der Waals surface area contributed by atoms with Crippen LogP contribution in [0.25, 0.3) is 0 Å². The average Bonchev–Trinajstić information content (AvgIpc) is 2.48. The van der Waals surface area contributed by atoms with Crippen molar-refractivity contribution in [3.05, 3.63) is 24.3 Å². The zero-order chi connectivity index (χ0) is 15.5. The minimum atomic E-state index is -3.25. The van der Waals surface area contributed by atoms with E-state index in [1.165, 1.54) is 0 Å². The predicted octanol–water partition coefficient (Wildman–Crippen LogP) is 2.70. The van der Waals surface area contributed by atoms with Crippen molar-refractivity contribution in [1.82, 2.24) is 0 Å². The van der Waals surface area contributed by atoms with Crippen molar-refractivity contribution in [2.45, 2.75) is 37.3 Å². The van der Waals surface area contributed by atoms with Gasteiger partial charge in [-0.3, -0.25) is 0 Å². The van der Waals surface area contributed by atoms with Gasteiger partial charge in [0.25, 0.3) is 0 Å². The molecule has 0 spiro atoms. The van der Waals surface area contributed by atoms with Gasteiger partial charge in [-0.05, 0) is 25.5 Å². The van der Waals surface area contributed by atoms with Gasteiger partial charge in [-0.1, -0.05) is 19.1 Å². The van der Waals surface area contributed by atoms with Gasteiger partial charge in [0.05, 0.1) is 34.9 Å². The van der Waals surface area contributed by atoms with E-state index in [1.807, 2.05) is 26.0 Å². The molecule has 1 aromatic carbocycles. The Labute approximate surface area is 132 Å². The second-order valence-electron chi connectivity index (χ2n) is 5.40. The SMILES string of the molecule is CCCS(=O)(=O)c1ccccc1N1CC(CCl)OCC1C. The first kappa shape index (κ1) is 16.6. The van der Waals surface area contributed by atoms with Crippen LogP contribution < -0.4 is 4.90 Å². The van der Waals surface area contributed by atoms with Gasteiger partial charge in [-0.15, -0.1) is 11.6 Å². The zero-order valence-electron chi connectivity index (χ0n) is 12.5. The van der Waals surface area contributed by atoms with E-state index in [0.29, 0.717) is 30.3 Å². The summed E-state index contributed by atoms with van der Waals surface area (Å²) < 4.78 is 30.6. The number of anilines is 1. The van der Waals surface area contributed by atoms with Crippen molar-refractivity contribution in [1.29, 1.82) is 0 Å². The van der Waals surface area contributed by atoms with Crippen LogP contribution in [-0.4, -0.2) is 45.3 Å². The smallest absolute Gasteiger partial charge is 0.180 e. The minimum absolute atomic E-state index is 0.0650. The first-order valence-electron chi connectivity index (χ1n) is 7.25. The Morgan fingerprint density at radius 3 is 2.76 bits per heavy atom. The van der Waals surface area contributed by atoms with Gasteiger partial charge in [0, 0.05) is 12.6 Å². The third-order valence-corrected chi connectivity index (χ3v) is 5.97. The molecule has 1 heterocycles. The zero-order valence-corrected chi connectivity index (χ0v) is 14.0. The van der Waals surface area contributed by atoms with Crippen LogP contribution in [0.3, 0.4) is 0 Å². The lowest BCUT2D eigenvalue weighted by molar-refractivity contribution is 0.0362. The quantitative estimate of drug-likeness (QED) is 0.778. The summed E-state index contributed by atoms with van der Waals surface area (Å²) in [5, 5.41) is 0. The molecule has 1 aliphatic heterocycles. The topological polar surface area (TPSA) is 46.6 Å². The summed E-state index contributed by atoms with van der Waals surface area (Å²) in [6.07, 6.45) is 0.546. The summed E-state index contributed by atoms with van der Waals surface area (Å²) in [4.78, 5) is 2.51. The Bertz CT molecular complexity index is 576. The molecule has 118 valence electrons. The predicted molar refractivity (Wildman–Crippen MR) is 86.1 cm³/mol. The third kappa shape index (κ3) is 3.71. The Kier molecular flexibility index (Phi) is 5.52. The lowest BCUT2D eigenvalue weighted by Gasteiger charge is -2.39. The molecule has 0 saturated carbocycles. The average molecular weight is 332 g/mol. The molecule has 0 bridgehead atoms. The molecule has 1 aliphatic rings. The lowest BCUT2D eigenvalue weighted by atomic mass is 10.1. The van der Waals surface area contributed by atoms with E-state index in [2.05, 4.69) is 4.90 Å². The monoisotopic (exact) mass is 331 g/mol. The summed E-state index contributed by atoms with van der Waals surface area (Å²) in [6, 6.07) is 7.34. The lowest BCUT2D eigenvalue weighted by Crippen LogP contribution is -2.49. The second-order valence-corrected chi connectivity index (χ2v) is 7.78. The number of para-hydroxylation sites is 1. The van der Waals surface area contributed by atoms with Crippen LogP contribution in [0.15, 0.2) is 29.2 Å².